The van der Waals surface area contributed by atoms with Gasteiger partial charge in [0.05, 0.1) is 5.56 Å². The largest absolute Gasteiger partial charge is 0.456 e. The zero-order chi connectivity index (χ0) is 22.3. The number of nitrogens with zero attached hydrogens (tertiary/aromatic N) is 1. The molecule has 5 nitrogen and oxygen atoms in total. The van der Waals surface area contributed by atoms with Crippen molar-refractivity contribution in [3.05, 3.63) is 58.4 Å². The molecule has 0 aliphatic heterocycles. The van der Waals surface area contributed by atoms with E-state index in [2.05, 4.69) is 6.92 Å². The first kappa shape index (κ1) is 23.7. The molecule has 164 valence electrons. The van der Waals surface area contributed by atoms with Gasteiger partial charge in [0, 0.05) is 12.2 Å². The van der Waals surface area contributed by atoms with E-state index in [9.17, 15) is 9.59 Å². The number of benzene rings is 1. The zero-order valence-electron chi connectivity index (χ0n) is 19.2. The highest BCUT2D eigenvalue weighted by molar-refractivity contribution is 5.99. The van der Waals surface area contributed by atoms with Crippen LogP contribution in [0.15, 0.2) is 30.3 Å². The summed E-state index contributed by atoms with van der Waals surface area (Å²) >= 11 is 0. The Morgan fingerprint density at radius 1 is 0.967 bits per heavy atom. The minimum absolute atomic E-state index is 0.195. The van der Waals surface area contributed by atoms with Crippen molar-refractivity contribution in [3.63, 3.8) is 0 Å². The molecule has 0 aliphatic carbocycles. The molecule has 1 aromatic heterocycles. The van der Waals surface area contributed by atoms with E-state index in [-0.39, 0.29) is 6.61 Å². The van der Waals surface area contributed by atoms with Crippen LogP contribution in [0.1, 0.15) is 91.0 Å². The SMILES string of the molecule is CCCCCCn1c(C)c(C(=O)OC(C)(C)C)c(C)c1C(=O)OCc1ccccc1. The maximum Gasteiger partial charge on any atom is 0.355 e. The second kappa shape index (κ2) is 10.5. The summed E-state index contributed by atoms with van der Waals surface area (Å²) in [5.74, 6) is -0.813. The van der Waals surface area contributed by atoms with Crippen LogP contribution in [0, 0.1) is 13.8 Å². The van der Waals surface area contributed by atoms with Crippen molar-refractivity contribution in [1.29, 1.82) is 0 Å². The molecule has 0 bridgehead atoms. The number of hydrogen-bond donors (Lipinski definition) is 0. The molecule has 5 heteroatoms. The summed E-state index contributed by atoms with van der Waals surface area (Å²) in [6.07, 6.45) is 4.30. The van der Waals surface area contributed by atoms with Gasteiger partial charge in [-0.15, -0.1) is 0 Å². The summed E-state index contributed by atoms with van der Waals surface area (Å²) in [5.41, 5.74) is 2.61. The van der Waals surface area contributed by atoms with Crippen LogP contribution in [0.5, 0.6) is 0 Å². The van der Waals surface area contributed by atoms with E-state index in [4.69, 9.17) is 9.47 Å². The van der Waals surface area contributed by atoms with Gasteiger partial charge in [-0.2, -0.15) is 0 Å². The number of rotatable bonds is 9. The summed E-state index contributed by atoms with van der Waals surface area (Å²) in [7, 11) is 0. The number of unbranched alkanes of at least 4 members (excludes halogenated alkanes) is 3. The molecule has 2 rings (SSSR count). The van der Waals surface area contributed by atoms with Crippen molar-refractivity contribution in [2.75, 3.05) is 0 Å². The summed E-state index contributed by atoms with van der Waals surface area (Å²) in [5, 5.41) is 0. The van der Waals surface area contributed by atoms with Crippen molar-refractivity contribution in [3.8, 4) is 0 Å². The Hall–Kier alpha value is -2.56. The van der Waals surface area contributed by atoms with Crippen molar-refractivity contribution in [2.45, 2.75) is 86.0 Å². The molecule has 0 spiro atoms. The molecule has 1 aromatic carbocycles. The molecule has 0 fully saturated rings. The summed E-state index contributed by atoms with van der Waals surface area (Å²) in [4.78, 5) is 25.9. The highest BCUT2D eigenvalue weighted by Gasteiger charge is 2.30. The Balaban J connectivity index is 2.33. The molecule has 0 saturated heterocycles. The topological polar surface area (TPSA) is 57.5 Å². The van der Waals surface area contributed by atoms with Crippen LogP contribution in [0.2, 0.25) is 0 Å². The maximum atomic E-state index is 13.0. The molecule has 30 heavy (non-hydrogen) atoms. The average molecular weight is 414 g/mol. The van der Waals surface area contributed by atoms with E-state index in [0.29, 0.717) is 23.4 Å². The predicted molar refractivity (Wildman–Crippen MR) is 119 cm³/mol. The first-order valence-corrected chi connectivity index (χ1v) is 10.8. The number of aromatic nitrogens is 1. The lowest BCUT2D eigenvalue weighted by Crippen LogP contribution is -2.24. The molecular formula is C25H35NO4. The predicted octanol–water partition coefficient (Wildman–Crippen LogP) is 6.00. The van der Waals surface area contributed by atoms with E-state index in [1.54, 1.807) is 6.92 Å². The Labute approximate surface area is 180 Å². The molecule has 0 atom stereocenters. The lowest BCUT2D eigenvalue weighted by molar-refractivity contribution is 0.00678. The summed E-state index contributed by atoms with van der Waals surface area (Å²) in [6, 6.07) is 9.58. The van der Waals surface area contributed by atoms with Crippen LogP contribution in [-0.4, -0.2) is 22.1 Å². The van der Waals surface area contributed by atoms with Gasteiger partial charge in [-0.25, -0.2) is 9.59 Å². The first-order chi connectivity index (χ1) is 14.2. The van der Waals surface area contributed by atoms with Gasteiger partial charge in [0.1, 0.15) is 17.9 Å². The average Bonchev–Trinajstić information content (AvgIpc) is 2.92. The third kappa shape index (κ3) is 6.22. The van der Waals surface area contributed by atoms with Gasteiger partial charge >= 0.3 is 11.9 Å². The number of carbonyl (C=O) groups is 2. The fourth-order valence-electron chi connectivity index (χ4n) is 3.56. The minimum Gasteiger partial charge on any atom is -0.456 e. The highest BCUT2D eigenvalue weighted by atomic mass is 16.6. The van der Waals surface area contributed by atoms with Crippen LogP contribution in [-0.2, 0) is 22.6 Å². The van der Waals surface area contributed by atoms with Crippen LogP contribution < -0.4 is 0 Å². The Kier molecular flexibility index (Phi) is 8.27. The normalized spacial score (nSPS) is 11.4. The van der Waals surface area contributed by atoms with Crippen molar-refractivity contribution < 1.29 is 19.1 Å². The maximum absolute atomic E-state index is 13.0. The minimum atomic E-state index is -0.604. The van der Waals surface area contributed by atoms with Crippen molar-refractivity contribution >= 4 is 11.9 Å². The molecular weight excluding hydrogens is 378 g/mol. The quantitative estimate of drug-likeness (QED) is 0.374. The van der Waals surface area contributed by atoms with Gasteiger partial charge in [0.15, 0.2) is 0 Å². The van der Waals surface area contributed by atoms with E-state index in [1.165, 1.54) is 0 Å². The van der Waals surface area contributed by atoms with Gasteiger partial charge in [-0.05, 0) is 52.2 Å². The first-order valence-electron chi connectivity index (χ1n) is 10.8. The number of hydrogen-bond acceptors (Lipinski definition) is 4. The summed E-state index contributed by atoms with van der Waals surface area (Å²) < 4.78 is 13.1. The molecule has 0 saturated carbocycles. The number of esters is 2. The van der Waals surface area contributed by atoms with Gasteiger partial charge < -0.3 is 14.0 Å². The monoisotopic (exact) mass is 413 g/mol. The van der Waals surface area contributed by atoms with Crippen LogP contribution in [0.3, 0.4) is 0 Å². The van der Waals surface area contributed by atoms with Crippen molar-refractivity contribution in [2.24, 2.45) is 0 Å². The van der Waals surface area contributed by atoms with Crippen LogP contribution in [0.25, 0.3) is 0 Å². The number of carbonyl (C=O) groups excluding carboxylic acids is 2. The zero-order valence-corrected chi connectivity index (χ0v) is 19.2. The van der Waals surface area contributed by atoms with Crippen LogP contribution >= 0.6 is 0 Å². The fraction of sp³-hybridized carbons (Fsp3) is 0.520. The summed E-state index contributed by atoms with van der Waals surface area (Å²) in [6.45, 7) is 12.2. The Morgan fingerprint density at radius 2 is 1.63 bits per heavy atom. The smallest absolute Gasteiger partial charge is 0.355 e. The fourth-order valence-corrected chi connectivity index (χ4v) is 3.56. The lowest BCUT2D eigenvalue weighted by Gasteiger charge is -2.19. The molecule has 1 heterocycles. The molecule has 0 N–H and O–H groups in total. The second-order valence-corrected chi connectivity index (χ2v) is 8.71. The third-order valence-electron chi connectivity index (χ3n) is 5.01. The standard InChI is InChI=1S/C25H35NO4/c1-7-8-9-13-16-26-19(3)21(23(27)30-25(4,5)6)18(2)22(26)24(28)29-17-20-14-11-10-12-15-20/h10-12,14-15H,7-9,13,16-17H2,1-6H3. The Morgan fingerprint density at radius 3 is 2.23 bits per heavy atom. The molecule has 0 unspecified atom stereocenters. The molecule has 0 radical (unpaired) electrons. The van der Waals surface area contributed by atoms with Crippen LogP contribution in [0.4, 0.5) is 0 Å². The van der Waals surface area contributed by atoms with E-state index in [1.807, 2.05) is 62.6 Å². The highest BCUT2D eigenvalue weighted by Crippen LogP contribution is 2.26. The van der Waals surface area contributed by atoms with Gasteiger partial charge in [-0.1, -0.05) is 56.5 Å². The molecule has 0 amide bonds. The third-order valence-corrected chi connectivity index (χ3v) is 5.01. The van der Waals surface area contributed by atoms with Gasteiger partial charge in [-0.3, -0.25) is 0 Å². The second-order valence-electron chi connectivity index (χ2n) is 8.71. The van der Waals surface area contributed by atoms with E-state index >= 15 is 0 Å². The van der Waals surface area contributed by atoms with Gasteiger partial charge in [0.2, 0.25) is 0 Å². The lowest BCUT2D eigenvalue weighted by atomic mass is 10.1. The van der Waals surface area contributed by atoms with Crippen molar-refractivity contribution in [1.82, 2.24) is 4.57 Å². The molecule has 0 aliphatic rings. The van der Waals surface area contributed by atoms with Gasteiger partial charge in [0.25, 0.3) is 0 Å². The van der Waals surface area contributed by atoms with E-state index < -0.39 is 17.5 Å². The number of ether oxygens (including phenoxy) is 2. The van der Waals surface area contributed by atoms with E-state index in [0.717, 1.165) is 36.9 Å². The molecule has 2 aromatic rings. The Bertz CT molecular complexity index is 860.